The van der Waals surface area contributed by atoms with E-state index < -0.39 is 6.61 Å². The third kappa shape index (κ3) is 5.51. The first kappa shape index (κ1) is 15.4. The van der Waals surface area contributed by atoms with E-state index in [4.69, 9.17) is 0 Å². The zero-order valence-electron chi connectivity index (χ0n) is 11.7. The van der Waals surface area contributed by atoms with Gasteiger partial charge in [0, 0.05) is 31.0 Å². The third-order valence-corrected chi connectivity index (χ3v) is 3.08. The summed E-state index contributed by atoms with van der Waals surface area (Å²) < 4.78 is 31.1. The van der Waals surface area contributed by atoms with Crippen molar-refractivity contribution in [1.82, 2.24) is 14.9 Å². The number of para-hydroxylation sites is 1. The molecule has 0 fully saturated rings. The normalized spacial score (nSPS) is 11.0. The molecule has 114 valence electrons. The topological polar surface area (TPSA) is 39.1 Å². The number of halogens is 2. The quantitative estimate of drug-likeness (QED) is 0.723. The maximum Gasteiger partial charge on any atom is 0.387 e. The molecule has 21 heavy (non-hydrogen) atoms. The Kier molecular flexibility index (Phi) is 6.15. The zero-order valence-corrected chi connectivity index (χ0v) is 11.7. The van der Waals surface area contributed by atoms with E-state index in [-0.39, 0.29) is 5.75 Å². The Bertz CT molecular complexity index is 517. The van der Waals surface area contributed by atoms with Crippen molar-refractivity contribution < 1.29 is 13.5 Å². The molecular weight excluding hydrogens is 276 g/mol. The second-order valence-corrected chi connectivity index (χ2v) is 4.67. The van der Waals surface area contributed by atoms with E-state index >= 15 is 0 Å². The van der Waals surface area contributed by atoms with Crippen molar-refractivity contribution in [2.24, 2.45) is 0 Å². The highest BCUT2D eigenvalue weighted by Gasteiger charge is 2.08. The average Bonchev–Trinajstić information content (AvgIpc) is 2.97. The van der Waals surface area contributed by atoms with E-state index in [0.717, 1.165) is 31.5 Å². The highest BCUT2D eigenvalue weighted by atomic mass is 19.3. The summed E-state index contributed by atoms with van der Waals surface area (Å²) >= 11 is 0. The van der Waals surface area contributed by atoms with Gasteiger partial charge in [-0.25, -0.2) is 4.98 Å². The van der Waals surface area contributed by atoms with Crippen LogP contribution in [0.2, 0.25) is 0 Å². The molecule has 1 aromatic carbocycles. The van der Waals surface area contributed by atoms with Gasteiger partial charge in [-0.05, 0) is 25.5 Å². The largest absolute Gasteiger partial charge is 0.434 e. The number of nitrogens with zero attached hydrogens (tertiary/aromatic N) is 2. The number of aromatic nitrogens is 2. The van der Waals surface area contributed by atoms with Crippen molar-refractivity contribution in [3.05, 3.63) is 48.5 Å². The summed E-state index contributed by atoms with van der Waals surface area (Å²) in [4.78, 5) is 3.98. The molecule has 4 nitrogen and oxygen atoms in total. The Morgan fingerprint density at radius 2 is 2.10 bits per heavy atom. The second-order valence-electron chi connectivity index (χ2n) is 4.67. The van der Waals surface area contributed by atoms with Crippen LogP contribution in [0.5, 0.6) is 5.75 Å². The standard InChI is InChI=1S/C15H19F2N3O/c16-15(17)21-14-6-2-1-5-13(14)11-18-7-3-4-9-20-10-8-19-12-20/h1-2,5-6,8,10,12,15,18H,3-4,7,9,11H2. The van der Waals surface area contributed by atoms with Crippen LogP contribution in [0, 0.1) is 0 Å². The van der Waals surface area contributed by atoms with E-state index in [2.05, 4.69) is 15.0 Å². The molecule has 1 N–H and O–H groups in total. The van der Waals surface area contributed by atoms with Gasteiger partial charge in [-0.2, -0.15) is 8.78 Å². The van der Waals surface area contributed by atoms with Gasteiger partial charge in [-0.1, -0.05) is 18.2 Å². The Labute approximate surface area is 122 Å². The fourth-order valence-electron chi connectivity index (χ4n) is 2.05. The van der Waals surface area contributed by atoms with Gasteiger partial charge in [0.1, 0.15) is 5.75 Å². The zero-order chi connectivity index (χ0) is 14.9. The molecule has 6 heteroatoms. The molecule has 0 amide bonds. The van der Waals surface area contributed by atoms with Gasteiger partial charge < -0.3 is 14.6 Å². The minimum atomic E-state index is -2.79. The first-order chi connectivity index (χ1) is 10.3. The van der Waals surface area contributed by atoms with E-state index in [1.54, 1.807) is 30.7 Å². The van der Waals surface area contributed by atoms with Crippen LogP contribution in [0.4, 0.5) is 8.78 Å². The number of benzene rings is 1. The van der Waals surface area contributed by atoms with Crippen LogP contribution >= 0.6 is 0 Å². The van der Waals surface area contributed by atoms with Gasteiger partial charge in [-0.15, -0.1) is 0 Å². The number of aryl methyl sites for hydroxylation is 1. The molecule has 0 saturated carbocycles. The van der Waals surface area contributed by atoms with Crippen LogP contribution in [0.15, 0.2) is 43.0 Å². The van der Waals surface area contributed by atoms with E-state index in [1.165, 1.54) is 0 Å². The van der Waals surface area contributed by atoms with Crippen molar-refractivity contribution in [2.75, 3.05) is 6.54 Å². The molecule has 0 aliphatic rings. The van der Waals surface area contributed by atoms with Gasteiger partial charge in [0.15, 0.2) is 0 Å². The third-order valence-electron chi connectivity index (χ3n) is 3.08. The predicted octanol–water partition coefficient (Wildman–Crippen LogP) is 3.05. The number of imidazole rings is 1. The van der Waals surface area contributed by atoms with Crippen molar-refractivity contribution in [3.63, 3.8) is 0 Å². The summed E-state index contributed by atoms with van der Waals surface area (Å²) in [6.07, 6.45) is 7.55. The summed E-state index contributed by atoms with van der Waals surface area (Å²) in [7, 11) is 0. The molecule has 0 atom stereocenters. The molecule has 1 aromatic heterocycles. The molecule has 0 unspecified atom stereocenters. The fraction of sp³-hybridized carbons (Fsp3) is 0.400. The van der Waals surface area contributed by atoms with Crippen molar-refractivity contribution in [1.29, 1.82) is 0 Å². The number of alkyl halides is 2. The number of unbranched alkanes of at least 4 members (excludes halogenated alkanes) is 1. The summed E-state index contributed by atoms with van der Waals surface area (Å²) in [6.45, 7) is -0.500. The fourth-order valence-corrected chi connectivity index (χ4v) is 2.05. The lowest BCUT2D eigenvalue weighted by Gasteiger charge is -2.11. The first-order valence-corrected chi connectivity index (χ1v) is 6.95. The monoisotopic (exact) mass is 295 g/mol. The Morgan fingerprint density at radius 3 is 2.86 bits per heavy atom. The number of hydrogen-bond donors (Lipinski definition) is 1. The summed E-state index contributed by atoms with van der Waals surface area (Å²) in [5, 5.41) is 3.25. The van der Waals surface area contributed by atoms with Gasteiger partial charge in [0.25, 0.3) is 0 Å². The van der Waals surface area contributed by atoms with E-state index in [9.17, 15) is 8.78 Å². The second kappa shape index (κ2) is 8.36. The molecule has 0 saturated heterocycles. The van der Waals surface area contributed by atoms with Crippen LogP contribution in [-0.2, 0) is 13.1 Å². The van der Waals surface area contributed by atoms with Crippen LogP contribution in [-0.4, -0.2) is 22.7 Å². The van der Waals surface area contributed by atoms with Gasteiger partial charge in [0.2, 0.25) is 0 Å². The smallest absolute Gasteiger partial charge is 0.387 e. The van der Waals surface area contributed by atoms with E-state index in [1.807, 2.05) is 16.8 Å². The van der Waals surface area contributed by atoms with Crippen molar-refractivity contribution in [2.45, 2.75) is 32.5 Å². The number of ether oxygens (including phenoxy) is 1. The van der Waals surface area contributed by atoms with Crippen LogP contribution in [0.25, 0.3) is 0 Å². The lowest BCUT2D eigenvalue weighted by Crippen LogP contribution is -2.16. The summed E-state index contributed by atoms with van der Waals surface area (Å²) in [6, 6.07) is 6.85. The molecule has 2 rings (SSSR count). The van der Waals surface area contributed by atoms with Crippen molar-refractivity contribution >= 4 is 0 Å². The van der Waals surface area contributed by atoms with Gasteiger partial charge in [-0.3, -0.25) is 0 Å². The lowest BCUT2D eigenvalue weighted by atomic mass is 10.2. The predicted molar refractivity (Wildman–Crippen MR) is 76.2 cm³/mol. The number of hydrogen-bond acceptors (Lipinski definition) is 3. The molecule has 0 radical (unpaired) electrons. The minimum Gasteiger partial charge on any atom is -0.434 e. The first-order valence-electron chi connectivity index (χ1n) is 6.95. The SMILES string of the molecule is FC(F)Oc1ccccc1CNCCCCn1ccnc1. The molecule has 0 aliphatic heterocycles. The summed E-state index contributed by atoms with van der Waals surface area (Å²) in [5.74, 6) is 0.235. The molecule has 1 heterocycles. The molecular formula is C15H19F2N3O. The maximum absolute atomic E-state index is 12.3. The van der Waals surface area contributed by atoms with Crippen LogP contribution < -0.4 is 10.1 Å². The van der Waals surface area contributed by atoms with Crippen molar-refractivity contribution in [3.8, 4) is 5.75 Å². The van der Waals surface area contributed by atoms with Gasteiger partial charge >= 0.3 is 6.61 Å². The Morgan fingerprint density at radius 1 is 1.24 bits per heavy atom. The highest BCUT2D eigenvalue weighted by molar-refractivity contribution is 5.33. The number of nitrogens with one attached hydrogen (secondary N) is 1. The molecule has 0 aliphatic carbocycles. The van der Waals surface area contributed by atoms with Crippen LogP contribution in [0.3, 0.4) is 0 Å². The van der Waals surface area contributed by atoms with Crippen LogP contribution in [0.1, 0.15) is 18.4 Å². The number of rotatable bonds is 9. The Balaban J connectivity index is 1.66. The molecule has 0 spiro atoms. The average molecular weight is 295 g/mol. The molecule has 0 bridgehead atoms. The van der Waals surface area contributed by atoms with E-state index in [0.29, 0.717) is 6.54 Å². The Hall–Kier alpha value is -1.95. The van der Waals surface area contributed by atoms with Gasteiger partial charge in [0.05, 0.1) is 6.33 Å². The molecule has 2 aromatic rings. The minimum absolute atomic E-state index is 0.235. The lowest BCUT2D eigenvalue weighted by molar-refractivity contribution is -0.0504. The summed E-state index contributed by atoms with van der Waals surface area (Å²) in [5.41, 5.74) is 0.743. The maximum atomic E-state index is 12.3. The highest BCUT2D eigenvalue weighted by Crippen LogP contribution is 2.19.